The summed E-state index contributed by atoms with van der Waals surface area (Å²) in [6.07, 6.45) is 7.41. The first-order valence-electron chi connectivity index (χ1n) is 5.48. The molecule has 1 atom stereocenters. The molecule has 0 bridgehead atoms. The Morgan fingerprint density at radius 3 is 3.00 bits per heavy atom. The van der Waals surface area contributed by atoms with Crippen LogP contribution in [-0.4, -0.2) is 19.2 Å². The van der Waals surface area contributed by atoms with E-state index < -0.39 is 0 Å². The number of rotatable bonds is 4. The first-order chi connectivity index (χ1) is 6.42. The van der Waals surface area contributed by atoms with Crippen LogP contribution in [0.5, 0.6) is 0 Å². The Bertz CT molecular complexity index is 196. The van der Waals surface area contributed by atoms with Gasteiger partial charge >= 0.3 is 0 Å². The maximum atomic E-state index is 5.69. The Kier molecular flexibility index (Phi) is 2.89. The van der Waals surface area contributed by atoms with Crippen LogP contribution in [0.25, 0.3) is 0 Å². The minimum atomic E-state index is 0.519. The van der Waals surface area contributed by atoms with Gasteiger partial charge in [0.2, 0.25) is 0 Å². The summed E-state index contributed by atoms with van der Waals surface area (Å²) in [5, 5.41) is 3.52. The van der Waals surface area contributed by atoms with Crippen LogP contribution in [0.3, 0.4) is 0 Å². The molecule has 0 aromatic rings. The zero-order chi connectivity index (χ0) is 9.10. The Labute approximate surface area is 80.4 Å². The third kappa shape index (κ3) is 2.25. The molecule has 1 unspecified atom stereocenters. The van der Waals surface area contributed by atoms with E-state index in [1.807, 2.05) is 0 Å². The number of hydrogen-bond acceptors (Lipinski definition) is 2. The zero-order valence-corrected chi connectivity index (χ0v) is 8.38. The van der Waals surface area contributed by atoms with Crippen molar-refractivity contribution >= 4 is 0 Å². The minimum absolute atomic E-state index is 0.519. The standard InChI is InChI=1S/C11H19NO/c1-2-12-11(9-6-7-9)10-5-3-4-8-13-10/h5,9,11-12H,2-4,6-8H2,1H3. The van der Waals surface area contributed by atoms with Crippen LogP contribution in [-0.2, 0) is 4.74 Å². The SMILES string of the molecule is CCNC(C1=CCCCO1)C1CC1. The maximum absolute atomic E-state index is 5.69. The van der Waals surface area contributed by atoms with Gasteiger partial charge in [-0.25, -0.2) is 0 Å². The molecule has 1 N–H and O–H groups in total. The lowest BCUT2D eigenvalue weighted by molar-refractivity contribution is 0.162. The summed E-state index contributed by atoms with van der Waals surface area (Å²) in [6.45, 7) is 4.13. The van der Waals surface area contributed by atoms with Crippen molar-refractivity contribution in [2.75, 3.05) is 13.2 Å². The highest BCUT2D eigenvalue weighted by molar-refractivity contribution is 5.10. The molecule has 2 rings (SSSR count). The number of likely N-dealkylation sites (N-methyl/N-ethyl adjacent to an activating group) is 1. The minimum Gasteiger partial charge on any atom is -0.497 e. The van der Waals surface area contributed by atoms with Gasteiger partial charge in [0.15, 0.2) is 0 Å². The third-order valence-electron chi connectivity index (χ3n) is 2.79. The second-order valence-corrected chi connectivity index (χ2v) is 3.97. The van der Waals surface area contributed by atoms with E-state index in [1.165, 1.54) is 31.4 Å². The molecule has 74 valence electrons. The molecule has 0 aromatic carbocycles. The number of ether oxygens (including phenoxy) is 1. The van der Waals surface area contributed by atoms with Crippen LogP contribution in [0.1, 0.15) is 32.6 Å². The molecule has 0 spiro atoms. The summed E-state index contributed by atoms with van der Waals surface area (Å²) in [5.41, 5.74) is 0. The lowest BCUT2D eigenvalue weighted by atomic mass is 10.1. The quantitative estimate of drug-likeness (QED) is 0.717. The van der Waals surface area contributed by atoms with Crippen molar-refractivity contribution in [2.24, 2.45) is 5.92 Å². The van der Waals surface area contributed by atoms with Crippen LogP contribution >= 0.6 is 0 Å². The first-order valence-corrected chi connectivity index (χ1v) is 5.48. The van der Waals surface area contributed by atoms with E-state index in [0.29, 0.717) is 6.04 Å². The van der Waals surface area contributed by atoms with E-state index in [0.717, 1.165) is 19.1 Å². The van der Waals surface area contributed by atoms with Crippen LogP contribution in [0.15, 0.2) is 11.8 Å². The smallest absolute Gasteiger partial charge is 0.109 e. The molecule has 1 fully saturated rings. The van der Waals surface area contributed by atoms with Gasteiger partial charge in [-0.2, -0.15) is 0 Å². The van der Waals surface area contributed by atoms with Crippen molar-refractivity contribution in [2.45, 2.75) is 38.6 Å². The average Bonchev–Trinajstić information content (AvgIpc) is 2.99. The molecule has 1 aliphatic carbocycles. The normalized spacial score (nSPS) is 24.8. The fourth-order valence-corrected chi connectivity index (χ4v) is 1.94. The van der Waals surface area contributed by atoms with Gasteiger partial charge in [-0.15, -0.1) is 0 Å². The predicted molar refractivity (Wildman–Crippen MR) is 53.5 cm³/mol. The van der Waals surface area contributed by atoms with Crippen molar-refractivity contribution in [3.63, 3.8) is 0 Å². The fraction of sp³-hybridized carbons (Fsp3) is 0.818. The number of allylic oxidation sites excluding steroid dienone is 1. The van der Waals surface area contributed by atoms with Gasteiger partial charge < -0.3 is 10.1 Å². The maximum Gasteiger partial charge on any atom is 0.109 e. The van der Waals surface area contributed by atoms with Gasteiger partial charge in [0.05, 0.1) is 12.6 Å². The molecule has 0 radical (unpaired) electrons. The van der Waals surface area contributed by atoms with Gasteiger partial charge in [-0.05, 0) is 44.2 Å². The monoisotopic (exact) mass is 181 g/mol. The highest BCUT2D eigenvalue weighted by atomic mass is 16.5. The second kappa shape index (κ2) is 4.14. The average molecular weight is 181 g/mol. The number of nitrogens with one attached hydrogen (secondary N) is 1. The number of hydrogen-bond donors (Lipinski definition) is 1. The lowest BCUT2D eigenvalue weighted by Crippen LogP contribution is -2.34. The van der Waals surface area contributed by atoms with Crippen LogP contribution < -0.4 is 5.32 Å². The van der Waals surface area contributed by atoms with Crippen LogP contribution in [0.2, 0.25) is 0 Å². The van der Waals surface area contributed by atoms with Crippen molar-refractivity contribution in [3.8, 4) is 0 Å². The van der Waals surface area contributed by atoms with E-state index in [-0.39, 0.29) is 0 Å². The van der Waals surface area contributed by atoms with Crippen LogP contribution in [0, 0.1) is 5.92 Å². The largest absolute Gasteiger partial charge is 0.497 e. The van der Waals surface area contributed by atoms with E-state index in [1.54, 1.807) is 0 Å². The Morgan fingerprint density at radius 2 is 2.46 bits per heavy atom. The van der Waals surface area contributed by atoms with E-state index in [4.69, 9.17) is 4.74 Å². The van der Waals surface area contributed by atoms with Gasteiger partial charge in [-0.3, -0.25) is 0 Å². The topological polar surface area (TPSA) is 21.3 Å². The highest BCUT2D eigenvalue weighted by Crippen LogP contribution is 2.36. The van der Waals surface area contributed by atoms with Gasteiger partial charge in [0.1, 0.15) is 5.76 Å². The Balaban J connectivity index is 1.96. The highest BCUT2D eigenvalue weighted by Gasteiger charge is 2.34. The van der Waals surface area contributed by atoms with E-state index >= 15 is 0 Å². The van der Waals surface area contributed by atoms with Gasteiger partial charge in [-0.1, -0.05) is 6.92 Å². The van der Waals surface area contributed by atoms with Crippen molar-refractivity contribution in [3.05, 3.63) is 11.8 Å². The molecule has 2 aliphatic rings. The summed E-state index contributed by atoms with van der Waals surface area (Å²) in [4.78, 5) is 0. The molecule has 0 amide bonds. The predicted octanol–water partition coefficient (Wildman–Crippen LogP) is 2.07. The molecule has 13 heavy (non-hydrogen) atoms. The zero-order valence-electron chi connectivity index (χ0n) is 8.38. The molecular weight excluding hydrogens is 162 g/mol. The van der Waals surface area contributed by atoms with Gasteiger partial charge in [0, 0.05) is 0 Å². The molecule has 2 heteroatoms. The van der Waals surface area contributed by atoms with Crippen molar-refractivity contribution < 1.29 is 4.74 Å². The molecule has 1 aliphatic heterocycles. The first kappa shape index (κ1) is 9.07. The Morgan fingerprint density at radius 1 is 1.62 bits per heavy atom. The second-order valence-electron chi connectivity index (χ2n) is 3.97. The summed E-state index contributed by atoms with van der Waals surface area (Å²) < 4.78 is 5.69. The lowest BCUT2D eigenvalue weighted by Gasteiger charge is -2.24. The molecule has 0 aromatic heterocycles. The van der Waals surface area contributed by atoms with Gasteiger partial charge in [0.25, 0.3) is 0 Å². The van der Waals surface area contributed by atoms with Crippen molar-refractivity contribution in [1.82, 2.24) is 5.32 Å². The molecular formula is C11H19NO. The fourth-order valence-electron chi connectivity index (χ4n) is 1.94. The Hall–Kier alpha value is -0.500. The van der Waals surface area contributed by atoms with E-state index in [9.17, 15) is 0 Å². The van der Waals surface area contributed by atoms with Crippen molar-refractivity contribution in [1.29, 1.82) is 0 Å². The summed E-state index contributed by atoms with van der Waals surface area (Å²) in [7, 11) is 0. The summed E-state index contributed by atoms with van der Waals surface area (Å²) in [5.74, 6) is 2.07. The summed E-state index contributed by atoms with van der Waals surface area (Å²) >= 11 is 0. The van der Waals surface area contributed by atoms with E-state index in [2.05, 4.69) is 18.3 Å². The molecule has 2 nitrogen and oxygen atoms in total. The molecule has 1 heterocycles. The molecule has 1 saturated carbocycles. The molecule has 0 saturated heterocycles. The third-order valence-corrected chi connectivity index (χ3v) is 2.79. The summed E-state index contributed by atoms with van der Waals surface area (Å²) in [6, 6.07) is 0.519. The van der Waals surface area contributed by atoms with Crippen LogP contribution in [0.4, 0.5) is 0 Å².